The van der Waals surface area contributed by atoms with Crippen molar-refractivity contribution in [2.45, 2.75) is 13.5 Å². The number of para-hydroxylation sites is 1. The first kappa shape index (κ1) is 16.0. The third kappa shape index (κ3) is 2.94. The van der Waals surface area contributed by atoms with Crippen LogP contribution in [-0.4, -0.2) is 36.7 Å². The molecular formula is C15H21N4O3+. The molecule has 0 amide bonds. The smallest absolute Gasteiger partial charge is 0.357 e. The largest absolute Gasteiger partial charge is 0.373 e. The number of fused-ring (bicyclic) bond motifs is 1. The number of quaternary nitrogens is 1. The van der Waals surface area contributed by atoms with E-state index < -0.39 is 10.5 Å². The Kier molecular flexibility index (Phi) is 4.77. The zero-order valence-electron chi connectivity index (χ0n) is 13.0. The molecule has 0 bridgehead atoms. The van der Waals surface area contributed by atoms with Crippen molar-refractivity contribution in [3.63, 3.8) is 0 Å². The van der Waals surface area contributed by atoms with E-state index in [1.54, 1.807) is 13.0 Å². The number of rotatable bonds is 6. The Bertz CT molecular complexity index is 752. The molecule has 22 heavy (non-hydrogen) atoms. The molecule has 7 heteroatoms. The molecule has 0 saturated heterocycles. The van der Waals surface area contributed by atoms with Gasteiger partial charge in [0.05, 0.1) is 37.6 Å². The van der Waals surface area contributed by atoms with Crippen molar-refractivity contribution >= 4 is 22.3 Å². The maximum absolute atomic E-state index is 12.4. The van der Waals surface area contributed by atoms with Crippen molar-refractivity contribution < 1.29 is 9.82 Å². The number of nitrogens with one attached hydrogen (secondary N) is 2. The SMILES string of the molecule is CCn1c(=O)c([N+](=O)[O-])c(NCC[NH+](C)C)c2ccccc21. The average molecular weight is 305 g/mol. The van der Waals surface area contributed by atoms with Gasteiger partial charge in [-0.25, -0.2) is 0 Å². The lowest BCUT2D eigenvalue weighted by Gasteiger charge is -2.14. The van der Waals surface area contributed by atoms with Gasteiger partial charge in [0.15, 0.2) is 0 Å². The second-order valence-corrected chi connectivity index (χ2v) is 5.43. The summed E-state index contributed by atoms with van der Waals surface area (Å²) in [4.78, 5) is 24.5. The van der Waals surface area contributed by atoms with Crippen molar-refractivity contribution in [3.8, 4) is 0 Å². The van der Waals surface area contributed by atoms with Crippen molar-refractivity contribution in [2.24, 2.45) is 0 Å². The van der Waals surface area contributed by atoms with E-state index in [4.69, 9.17) is 0 Å². The fourth-order valence-electron chi connectivity index (χ4n) is 2.49. The van der Waals surface area contributed by atoms with Crippen molar-refractivity contribution in [1.82, 2.24) is 4.57 Å². The second kappa shape index (κ2) is 6.57. The first-order chi connectivity index (χ1) is 10.5. The van der Waals surface area contributed by atoms with Gasteiger partial charge < -0.3 is 14.8 Å². The van der Waals surface area contributed by atoms with Gasteiger partial charge in [0.1, 0.15) is 5.69 Å². The molecule has 0 aliphatic heterocycles. The van der Waals surface area contributed by atoms with Gasteiger partial charge in [-0.05, 0) is 13.0 Å². The highest BCUT2D eigenvalue weighted by molar-refractivity contribution is 5.96. The van der Waals surface area contributed by atoms with Crippen molar-refractivity contribution in [3.05, 3.63) is 44.7 Å². The van der Waals surface area contributed by atoms with Crippen LogP contribution in [0, 0.1) is 10.1 Å². The number of likely N-dealkylation sites (N-methyl/N-ethyl adjacent to an activating group) is 1. The lowest BCUT2D eigenvalue weighted by molar-refractivity contribution is -0.856. The fourth-order valence-corrected chi connectivity index (χ4v) is 2.49. The van der Waals surface area contributed by atoms with E-state index in [2.05, 4.69) is 5.32 Å². The molecule has 0 atom stereocenters. The van der Waals surface area contributed by atoms with E-state index in [1.165, 1.54) is 9.47 Å². The van der Waals surface area contributed by atoms with Crippen LogP contribution in [0.25, 0.3) is 10.9 Å². The molecule has 0 radical (unpaired) electrons. The number of nitrogens with zero attached hydrogens (tertiary/aromatic N) is 2. The number of hydrogen-bond donors (Lipinski definition) is 2. The summed E-state index contributed by atoms with van der Waals surface area (Å²) in [5.41, 5.74) is 0.0806. The minimum atomic E-state index is -0.591. The molecule has 0 saturated carbocycles. The summed E-state index contributed by atoms with van der Waals surface area (Å²) in [6.07, 6.45) is 0. The molecule has 7 nitrogen and oxygen atoms in total. The van der Waals surface area contributed by atoms with Crippen LogP contribution in [0.5, 0.6) is 0 Å². The number of benzene rings is 1. The topological polar surface area (TPSA) is 81.6 Å². The van der Waals surface area contributed by atoms with Crippen LogP contribution in [0.1, 0.15) is 6.92 Å². The highest BCUT2D eigenvalue weighted by Crippen LogP contribution is 2.29. The van der Waals surface area contributed by atoms with Crippen LogP contribution in [0.15, 0.2) is 29.1 Å². The highest BCUT2D eigenvalue weighted by atomic mass is 16.6. The summed E-state index contributed by atoms with van der Waals surface area (Å²) in [7, 11) is 4.01. The first-order valence-electron chi connectivity index (χ1n) is 7.30. The van der Waals surface area contributed by atoms with Gasteiger partial charge >= 0.3 is 11.2 Å². The van der Waals surface area contributed by atoms with E-state index in [9.17, 15) is 14.9 Å². The number of nitro groups is 1. The number of anilines is 1. The molecule has 0 spiro atoms. The van der Waals surface area contributed by atoms with Crippen molar-refractivity contribution in [2.75, 3.05) is 32.5 Å². The van der Waals surface area contributed by atoms with E-state index in [0.717, 1.165) is 6.54 Å². The van der Waals surface area contributed by atoms with Crippen LogP contribution >= 0.6 is 0 Å². The Hall–Kier alpha value is -2.41. The van der Waals surface area contributed by atoms with E-state index in [0.29, 0.717) is 29.7 Å². The summed E-state index contributed by atoms with van der Waals surface area (Å²) in [5, 5.41) is 15.2. The third-order valence-corrected chi connectivity index (χ3v) is 3.57. The predicted molar refractivity (Wildman–Crippen MR) is 86.7 cm³/mol. The van der Waals surface area contributed by atoms with Crippen molar-refractivity contribution in [1.29, 1.82) is 0 Å². The van der Waals surface area contributed by atoms with Gasteiger partial charge in [-0.2, -0.15) is 0 Å². The highest BCUT2D eigenvalue weighted by Gasteiger charge is 2.25. The van der Waals surface area contributed by atoms with Gasteiger partial charge in [0, 0.05) is 11.9 Å². The zero-order valence-corrected chi connectivity index (χ0v) is 13.0. The third-order valence-electron chi connectivity index (χ3n) is 3.57. The summed E-state index contributed by atoms with van der Waals surface area (Å²) in [6.45, 7) is 3.55. The maximum atomic E-state index is 12.4. The molecule has 0 aliphatic rings. The molecule has 0 aliphatic carbocycles. The molecule has 2 N–H and O–H groups in total. The lowest BCUT2D eigenvalue weighted by Crippen LogP contribution is -3.06. The maximum Gasteiger partial charge on any atom is 0.357 e. The molecule has 118 valence electrons. The van der Waals surface area contributed by atoms with Gasteiger partial charge in [0.25, 0.3) is 0 Å². The Morgan fingerprint density at radius 1 is 1.32 bits per heavy atom. The van der Waals surface area contributed by atoms with E-state index in [1.807, 2.05) is 32.3 Å². The first-order valence-corrected chi connectivity index (χ1v) is 7.30. The number of aromatic nitrogens is 1. The Morgan fingerprint density at radius 2 is 2.00 bits per heavy atom. The minimum absolute atomic E-state index is 0.316. The monoisotopic (exact) mass is 305 g/mol. The predicted octanol–water partition coefficient (Wildman–Crippen LogP) is 0.486. The van der Waals surface area contributed by atoms with E-state index in [-0.39, 0.29) is 5.69 Å². The molecule has 2 aromatic rings. The van der Waals surface area contributed by atoms with E-state index >= 15 is 0 Å². The van der Waals surface area contributed by atoms with Gasteiger partial charge in [-0.15, -0.1) is 0 Å². The second-order valence-electron chi connectivity index (χ2n) is 5.43. The summed E-state index contributed by atoms with van der Waals surface area (Å²) >= 11 is 0. The van der Waals surface area contributed by atoms with Gasteiger partial charge in [-0.3, -0.25) is 14.9 Å². The Balaban J connectivity index is 2.68. The van der Waals surface area contributed by atoms with Gasteiger partial charge in [-0.1, -0.05) is 18.2 Å². The minimum Gasteiger partial charge on any atom is -0.373 e. The summed E-state index contributed by atoms with van der Waals surface area (Å²) in [5.74, 6) is 0. The molecular weight excluding hydrogens is 284 g/mol. The number of pyridine rings is 1. The fraction of sp³-hybridized carbons (Fsp3) is 0.400. The molecule has 1 heterocycles. The molecule has 1 aromatic carbocycles. The Labute approximate surface area is 128 Å². The van der Waals surface area contributed by atoms with Crippen LogP contribution in [0.3, 0.4) is 0 Å². The zero-order chi connectivity index (χ0) is 16.3. The molecule has 0 unspecified atom stereocenters. The standard InChI is InChI=1S/C15H20N4O3/c1-4-18-12-8-6-5-7-11(12)13(16-9-10-17(2)3)14(15(18)20)19(21)22/h5-8,16H,4,9-10H2,1-3H3/p+1. The molecule has 0 fully saturated rings. The number of hydrogen-bond acceptors (Lipinski definition) is 4. The van der Waals surface area contributed by atoms with Crippen LogP contribution in [-0.2, 0) is 6.54 Å². The normalized spacial score (nSPS) is 11.1. The molecule has 1 aromatic heterocycles. The Morgan fingerprint density at radius 3 is 2.59 bits per heavy atom. The van der Waals surface area contributed by atoms with Gasteiger partial charge in [0.2, 0.25) is 0 Å². The summed E-state index contributed by atoms with van der Waals surface area (Å²) < 4.78 is 1.44. The van der Waals surface area contributed by atoms with Crippen LogP contribution in [0.2, 0.25) is 0 Å². The average Bonchev–Trinajstić information content (AvgIpc) is 2.46. The number of aryl methyl sites for hydroxylation is 1. The summed E-state index contributed by atoms with van der Waals surface area (Å²) in [6, 6.07) is 7.26. The molecule has 2 rings (SSSR count). The lowest BCUT2D eigenvalue weighted by atomic mass is 10.1. The quantitative estimate of drug-likeness (QED) is 0.601. The van der Waals surface area contributed by atoms with Crippen LogP contribution < -0.4 is 15.8 Å². The van der Waals surface area contributed by atoms with Crippen LogP contribution in [0.4, 0.5) is 11.4 Å².